The Morgan fingerprint density at radius 1 is 1.53 bits per heavy atom. The predicted molar refractivity (Wildman–Crippen MR) is 60.2 cm³/mol. The summed E-state index contributed by atoms with van der Waals surface area (Å²) in [7, 11) is 0. The van der Waals surface area contributed by atoms with Crippen molar-refractivity contribution in [1.29, 1.82) is 10.8 Å². The molecule has 0 amide bonds. The fourth-order valence-electron chi connectivity index (χ4n) is 2.09. The molecule has 1 atom stereocenters. The minimum Gasteiger partial charge on any atom is -0.394 e. The third-order valence-electron chi connectivity index (χ3n) is 3.00. The summed E-state index contributed by atoms with van der Waals surface area (Å²) in [6.45, 7) is 0.638. The molecule has 0 spiro atoms. The zero-order valence-corrected chi connectivity index (χ0v) is 9.36. The molecule has 1 aliphatic rings. The van der Waals surface area contributed by atoms with E-state index in [-0.39, 0.29) is 24.1 Å². The maximum atomic E-state index is 13.1. The van der Waals surface area contributed by atoms with Crippen LogP contribution in [-0.4, -0.2) is 39.7 Å². The fraction of sp³-hybridized carbons (Fsp3) is 0.455. The molecule has 3 N–H and O–H groups in total. The van der Waals surface area contributed by atoms with Crippen LogP contribution in [0.1, 0.15) is 12.8 Å². The first kappa shape index (κ1) is 11.8. The van der Waals surface area contributed by atoms with E-state index in [2.05, 4.69) is 0 Å². The van der Waals surface area contributed by atoms with Gasteiger partial charge in [0.25, 0.3) is 0 Å². The van der Waals surface area contributed by atoms with Gasteiger partial charge in [-0.1, -0.05) is 0 Å². The second-order valence-corrected chi connectivity index (χ2v) is 4.10. The van der Waals surface area contributed by atoms with Gasteiger partial charge < -0.3 is 10.0 Å². The van der Waals surface area contributed by atoms with Crippen molar-refractivity contribution in [2.75, 3.05) is 13.2 Å². The SMILES string of the molecule is N=C(N1CCCC1CO)n1cc(F)ccc1=N. The van der Waals surface area contributed by atoms with Crippen LogP contribution in [0.15, 0.2) is 18.3 Å². The number of hydrogen-bond acceptors (Lipinski definition) is 3. The van der Waals surface area contributed by atoms with Gasteiger partial charge in [0.15, 0.2) is 0 Å². The average Bonchev–Trinajstić information content (AvgIpc) is 2.79. The number of halogens is 1. The molecule has 1 aromatic heterocycles. The molecule has 0 aromatic carbocycles. The van der Waals surface area contributed by atoms with Gasteiger partial charge in [-0.15, -0.1) is 0 Å². The summed E-state index contributed by atoms with van der Waals surface area (Å²) in [6.07, 6.45) is 2.84. The number of aliphatic hydroxyl groups is 1. The largest absolute Gasteiger partial charge is 0.394 e. The van der Waals surface area contributed by atoms with E-state index in [4.69, 9.17) is 10.8 Å². The maximum absolute atomic E-state index is 13.1. The van der Waals surface area contributed by atoms with Gasteiger partial charge in [-0.3, -0.25) is 15.4 Å². The molecular formula is C11H15FN4O. The molecule has 1 unspecified atom stereocenters. The van der Waals surface area contributed by atoms with E-state index in [1.54, 1.807) is 4.90 Å². The van der Waals surface area contributed by atoms with Crippen LogP contribution < -0.4 is 5.49 Å². The Morgan fingerprint density at radius 2 is 2.29 bits per heavy atom. The quantitative estimate of drug-likeness (QED) is 0.487. The van der Waals surface area contributed by atoms with Crippen molar-refractivity contribution < 1.29 is 9.50 Å². The summed E-state index contributed by atoms with van der Waals surface area (Å²) >= 11 is 0. The summed E-state index contributed by atoms with van der Waals surface area (Å²) in [6, 6.07) is 2.41. The normalized spacial score (nSPS) is 19.6. The lowest BCUT2D eigenvalue weighted by molar-refractivity contribution is 0.205. The van der Waals surface area contributed by atoms with E-state index in [0.29, 0.717) is 6.54 Å². The lowest BCUT2D eigenvalue weighted by atomic mass is 10.2. The third-order valence-corrected chi connectivity index (χ3v) is 3.00. The lowest BCUT2D eigenvalue weighted by Crippen LogP contribution is -2.44. The standard InChI is InChI=1S/C11H15FN4O/c12-8-3-4-10(13)16(6-8)11(14)15-5-1-2-9(15)7-17/h3-4,6,9,13-14,17H,1-2,5,7H2. The summed E-state index contributed by atoms with van der Waals surface area (Å²) in [5.74, 6) is -0.434. The molecule has 1 saturated heterocycles. The van der Waals surface area contributed by atoms with Gasteiger partial charge in [0.1, 0.15) is 11.3 Å². The van der Waals surface area contributed by atoms with Crippen LogP contribution in [0.5, 0.6) is 0 Å². The van der Waals surface area contributed by atoms with Gasteiger partial charge in [0.2, 0.25) is 5.96 Å². The molecule has 2 rings (SSSR count). The number of nitrogens with zero attached hydrogens (tertiary/aromatic N) is 2. The summed E-state index contributed by atoms with van der Waals surface area (Å²) in [5.41, 5.74) is 0.0555. The van der Waals surface area contributed by atoms with Crippen LogP contribution in [0.2, 0.25) is 0 Å². The highest BCUT2D eigenvalue weighted by atomic mass is 19.1. The van der Waals surface area contributed by atoms with Crippen LogP contribution in [0.4, 0.5) is 4.39 Å². The van der Waals surface area contributed by atoms with E-state index in [1.807, 2.05) is 0 Å². The summed E-state index contributed by atoms with van der Waals surface area (Å²) in [5, 5.41) is 24.8. The van der Waals surface area contributed by atoms with Gasteiger partial charge in [0.05, 0.1) is 12.6 Å². The van der Waals surface area contributed by atoms with Crippen molar-refractivity contribution in [3.63, 3.8) is 0 Å². The highest BCUT2D eigenvalue weighted by Crippen LogP contribution is 2.16. The minimum atomic E-state index is -0.481. The highest BCUT2D eigenvalue weighted by molar-refractivity contribution is 5.79. The summed E-state index contributed by atoms with van der Waals surface area (Å²) in [4.78, 5) is 1.71. The third kappa shape index (κ3) is 2.21. The van der Waals surface area contributed by atoms with Gasteiger partial charge in [-0.25, -0.2) is 4.39 Å². The molecule has 0 bridgehead atoms. The van der Waals surface area contributed by atoms with Crippen LogP contribution in [-0.2, 0) is 0 Å². The number of likely N-dealkylation sites (tertiary alicyclic amines) is 1. The van der Waals surface area contributed by atoms with Crippen molar-refractivity contribution >= 4 is 5.96 Å². The Morgan fingerprint density at radius 3 is 3.00 bits per heavy atom. The number of aromatic nitrogens is 1. The molecular weight excluding hydrogens is 223 g/mol. The van der Waals surface area contributed by atoms with Crippen molar-refractivity contribution in [2.45, 2.75) is 18.9 Å². The van der Waals surface area contributed by atoms with E-state index >= 15 is 0 Å². The number of nitrogens with one attached hydrogen (secondary N) is 2. The Balaban J connectivity index is 2.30. The molecule has 6 heteroatoms. The van der Waals surface area contributed by atoms with E-state index < -0.39 is 5.82 Å². The first-order valence-electron chi connectivity index (χ1n) is 5.52. The zero-order valence-electron chi connectivity index (χ0n) is 9.36. The predicted octanol–water partition coefficient (Wildman–Crippen LogP) is 0.346. The Kier molecular flexibility index (Phi) is 3.23. The van der Waals surface area contributed by atoms with Crippen LogP contribution in [0, 0.1) is 16.6 Å². The van der Waals surface area contributed by atoms with Crippen molar-refractivity contribution in [2.24, 2.45) is 0 Å². The lowest BCUT2D eigenvalue weighted by Gasteiger charge is -2.26. The second-order valence-electron chi connectivity index (χ2n) is 4.10. The van der Waals surface area contributed by atoms with Gasteiger partial charge in [-0.05, 0) is 25.0 Å². The average molecular weight is 238 g/mol. The molecule has 2 heterocycles. The molecule has 5 nitrogen and oxygen atoms in total. The van der Waals surface area contributed by atoms with Crippen molar-refractivity contribution in [1.82, 2.24) is 9.47 Å². The van der Waals surface area contributed by atoms with Gasteiger partial charge >= 0.3 is 0 Å². The molecule has 1 aromatic rings. The van der Waals surface area contributed by atoms with Crippen LogP contribution in [0.3, 0.4) is 0 Å². The van der Waals surface area contributed by atoms with Crippen LogP contribution >= 0.6 is 0 Å². The number of hydrogen-bond donors (Lipinski definition) is 3. The smallest absolute Gasteiger partial charge is 0.204 e. The number of rotatable bonds is 1. The fourth-order valence-corrected chi connectivity index (χ4v) is 2.09. The van der Waals surface area contributed by atoms with E-state index in [1.165, 1.54) is 16.7 Å². The second kappa shape index (κ2) is 4.67. The molecule has 17 heavy (non-hydrogen) atoms. The molecule has 0 aliphatic carbocycles. The van der Waals surface area contributed by atoms with Crippen molar-refractivity contribution in [3.8, 4) is 0 Å². The minimum absolute atomic E-state index is 0.0222. The van der Waals surface area contributed by atoms with Gasteiger partial charge in [-0.2, -0.15) is 0 Å². The number of pyridine rings is 1. The Labute approximate surface area is 98.1 Å². The monoisotopic (exact) mass is 238 g/mol. The molecule has 1 aliphatic heterocycles. The van der Waals surface area contributed by atoms with Crippen molar-refractivity contribution in [3.05, 3.63) is 29.6 Å². The first-order chi connectivity index (χ1) is 8.13. The number of aliphatic hydroxyl groups excluding tert-OH is 1. The Hall–Kier alpha value is -1.69. The topological polar surface area (TPSA) is 76.1 Å². The van der Waals surface area contributed by atoms with Crippen LogP contribution in [0.25, 0.3) is 0 Å². The zero-order chi connectivity index (χ0) is 12.4. The molecule has 0 saturated carbocycles. The van der Waals surface area contributed by atoms with E-state index in [0.717, 1.165) is 19.0 Å². The molecule has 1 fully saturated rings. The van der Waals surface area contributed by atoms with Gasteiger partial charge in [0, 0.05) is 12.7 Å². The van der Waals surface area contributed by atoms with E-state index in [9.17, 15) is 9.50 Å². The maximum Gasteiger partial charge on any atom is 0.204 e. The summed E-state index contributed by atoms with van der Waals surface area (Å²) < 4.78 is 14.3. The first-order valence-corrected chi connectivity index (χ1v) is 5.52. The molecule has 0 radical (unpaired) electrons. The highest BCUT2D eigenvalue weighted by Gasteiger charge is 2.26. The molecule has 92 valence electrons. The Bertz CT molecular complexity index is 485.